The highest BCUT2D eigenvalue weighted by Crippen LogP contribution is 2.23. The van der Waals surface area contributed by atoms with E-state index in [9.17, 15) is 13.6 Å². The number of halogens is 2. The summed E-state index contributed by atoms with van der Waals surface area (Å²) in [6.45, 7) is 6.41. The minimum atomic E-state index is -0.770. The number of anilines is 1. The Bertz CT molecular complexity index is 667. The number of carbonyl (C=O) groups is 1. The van der Waals surface area contributed by atoms with Crippen LogP contribution in [0.4, 0.5) is 14.5 Å². The maximum Gasteiger partial charge on any atom is 0.224 e. The summed E-state index contributed by atoms with van der Waals surface area (Å²) in [6, 6.07) is 11.5. The highest BCUT2D eigenvalue weighted by Gasteiger charge is 2.14. The lowest BCUT2D eigenvalue weighted by Gasteiger charge is -2.19. The van der Waals surface area contributed by atoms with E-state index in [1.165, 1.54) is 11.6 Å². The fraction of sp³-hybridized carbons (Fsp3) is 0.316. The first-order valence-electron chi connectivity index (χ1n) is 7.60. The first kappa shape index (κ1) is 17.1. The smallest absolute Gasteiger partial charge is 0.224 e. The molecule has 1 N–H and O–H groups in total. The Hall–Kier alpha value is -2.23. The zero-order valence-electron chi connectivity index (χ0n) is 13.6. The van der Waals surface area contributed by atoms with Gasteiger partial charge in [-0.25, -0.2) is 8.78 Å². The van der Waals surface area contributed by atoms with E-state index in [1.54, 1.807) is 0 Å². The van der Waals surface area contributed by atoms with Crippen molar-refractivity contribution in [1.82, 2.24) is 0 Å². The van der Waals surface area contributed by atoms with Crippen LogP contribution in [-0.4, -0.2) is 5.91 Å². The van der Waals surface area contributed by atoms with Gasteiger partial charge in [-0.3, -0.25) is 4.79 Å². The van der Waals surface area contributed by atoms with E-state index in [2.05, 4.69) is 26.1 Å². The third-order valence-corrected chi connectivity index (χ3v) is 3.69. The molecule has 2 nitrogen and oxygen atoms in total. The molecule has 0 radical (unpaired) electrons. The number of carbonyl (C=O) groups excluding carboxylic acids is 1. The average molecular weight is 317 g/mol. The van der Waals surface area contributed by atoms with E-state index in [4.69, 9.17) is 0 Å². The van der Waals surface area contributed by atoms with Crippen molar-refractivity contribution >= 4 is 11.6 Å². The number of benzene rings is 2. The molecular formula is C19H21F2NO. The van der Waals surface area contributed by atoms with Crippen LogP contribution in [0.5, 0.6) is 0 Å². The van der Waals surface area contributed by atoms with Gasteiger partial charge >= 0.3 is 0 Å². The molecule has 0 fully saturated rings. The topological polar surface area (TPSA) is 29.1 Å². The molecule has 2 aromatic rings. The second kappa shape index (κ2) is 6.90. The Kier molecular flexibility index (Phi) is 5.14. The van der Waals surface area contributed by atoms with E-state index < -0.39 is 17.5 Å². The minimum absolute atomic E-state index is 0.0816. The number of hydrogen-bond acceptors (Lipinski definition) is 1. The highest BCUT2D eigenvalue weighted by atomic mass is 19.1. The number of rotatable bonds is 4. The Morgan fingerprint density at radius 3 is 2.09 bits per heavy atom. The predicted molar refractivity (Wildman–Crippen MR) is 88.5 cm³/mol. The van der Waals surface area contributed by atoms with E-state index in [0.717, 1.165) is 17.7 Å². The number of nitrogens with one attached hydrogen (secondary N) is 1. The monoisotopic (exact) mass is 317 g/mol. The van der Waals surface area contributed by atoms with Gasteiger partial charge in [0.05, 0.1) is 0 Å². The molecule has 2 rings (SSSR count). The molecule has 2 aromatic carbocycles. The molecule has 122 valence electrons. The summed E-state index contributed by atoms with van der Waals surface area (Å²) in [6.07, 6.45) is 0.689. The van der Waals surface area contributed by atoms with Gasteiger partial charge in [0.15, 0.2) is 0 Å². The van der Waals surface area contributed by atoms with Crippen LogP contribution in [0.25, 0.3) is 0 Å². The van der Waals surface area contributed by atoms with Crippen LogP contribution in [0.2, 0.25) is 0 Å². The summed E-state index contributed by atoms with van der Waals surface area (Å²) in [5.74, 6) is -1.95. The van der Waals surface area contributed by atoms with Crippen molar-refractivity contribution in [3.05, 3.63) is 65.2 Å². The first-order valence-corrected chi connectivity index (χ1v) is 7.60. The van der Waals surface area contributed by atoms with E-state index in [1.807, 2.05) is 24.3 Å². The van der Waals surface area contributed by atoms with Gasteiger partial charge in [-0.2, -0.15) is 0 Å². The Labute approximate surface area is 135 Å². The van der Waals surface area contributed by atoms with Crippen LogP contribution in [0.1, 0.15) is 38.3 Å². The van der Waals surface area contributed by atoms with Gasteiger partial charge in [-0.05, 0) is 35.1 Å². The molecule has 0 heterocycles. The predicted octanol–water partition coefficient (Wildman–Crippen LogP) is 4.83. The van der Waals surface area contributed by atoms with E-state index >= 15 is 0 Å². The minimum Gasteiger partial charge on any atom is -0.321 e. The highest BCUT2D eigenvalue weighted by molar-refractivity contribution is 5.91. The van der Waals surface area contributed by atoms with Crippen molar-refractivity contribution in [2.45, 2.75) is 39.0 Å². The number of para-hydroxylation sites is 1. The van der Waals surface area contributed by atoms with Gasteiger partial charge in [-0.1, -0.05) is 51.1 Å². The molecule has 23 heavy (non-hydrogen) atoms. The summed E-state index contributed by atoms with van der Waals surface area (Å²) in [4.78, 5) is 11.9. The van der Waals surface area contributed by atoms with Crippen LogP contribution in [0, 0.1) is 11.6 Å². The number of hydrogen-bond donors (Lipinski definition) is 1. The molecule has 0 bridgehead atoms. The molecule has 1 amide bonds. The normalized spacial score (nSPS) is 11.3. The first-order chi connectivity index (χ1) is 10.8. The van der Waals surface area contributed by atoms with Gasteiger partial charge in [0.1, 0.15) is 17.3 Å². The zero-order chi connectivity index (χ0) is 17.0. The Balaban J connectivity index is 1.94. The Morgan fingerprint density at radius 2 is 1.57 bits per heavy atom. The summed E-state index contributed by atoms with van der Waals surface area (Å²) >= 11 is 0. The van der Waals surface area contributed by atoms with Crippen molar-refractivity contribution in [3.63, 3.8) is 0 Å². The zero-order valence-corrected chi connectivity index (χ0v) is 13.6. The second-order valence-electron chi connectivity index (χ2n) is 6.59. The quantitative estimate of drug-likeness (QED) is 0.859. The van der Waals surface area contributed by atoms with Gasteiger partial charge in [-0.15, -0.1) is 0 Å². The summed E-state index contributed by atoms with van der Waals surface area (Å²) < 4.78 is 27.0. The largest absolute Gasteiger partial charge is 0.321 e. The van der Waals surface area contributed by atoms with Crippen LogP contribution in [-0.2, 0) is 16.6 Å². The lowest BCUT2D eigenvalue weighted by Crippen LogP contribution is -2.15. The van der Waals surface area contributed by atoms with Crippen molar-refractivity contribution in [2.75, 3.05) is 5.32 Å². The fourth-order valence-electron chi connectivity index (χ4n) is 2.25. The maximum atomic E-state index is 13.5. The lowest BCUT2D eigenvalue weighted by atomic mass is 9.86. The van der Waals surface area contributed by atoms with E-state index in [-0.39, 0.29) is 17.5 Å². The van der Waals surface area contributed by atoms with Gasteiger partial charge in [0.25, 0.3) is 0 Å². The van der Waals surface area contributed by atoms with Crippen molar-refractivity contribution in [3.8, 4) is 0 Å². The van der Waals surface area contributed by atoms with Crippen LogP contribution in [0.3, 0.4) is 0 Å². The van der Waals surface area contributed by atoms with Gasteiger partial charge in [0.2, 0.25) is 5.91 Å². The molecule has 4 heteroatoms. The van der Waals surface area contributed by atoms with Crippen LogP contribution >= 0.6 is 0 Å². The van der Waals surface area contributed by atoms with Gasteiger partial charge < -0.3 is 5.32 Å². The van der Waals surface area contributed by atoms with Crippen molar-refractivity contribution in [2.24, 2.45) is 0 Å². The SMILES string of the molecule is CC(C)(C)c1ccc(CCC(=O)Nc2c(F)cccc2F)cc1. The number of amides is 1. The maximum absolute atomic E-state index is 13.5. The fourth-order valence-corrected chi connectivity index (χ4v) is 2.25. The lowest BCUT2D eigenvalue weighted by molar-refractivity contribution is -0.116. The summed E-state index contributed by atoms with van der Waals surface area (Å²) in [5, 5.41) is 2.30. The standard InChI is InChI=1S/C19H21F2NO/c1-19(2,3)14-10-7-13(8-11-14)9-12-17(23)22-18-15(20)5-4-6-16(18)21/h4-8,10-11H,9,12H2,1-3H3,(H,22,23). The van der Waals surface area contributed by atoms with E-state index in [0.29, 0.717) is 6.42 Å². The molecule has 0 spiro atoms. The molecule has 0 aromatic heterocycles. The van der Waals surface area contributed by atoms with Crippen LogP contribution in [0.15, 0.2) is 42.5 Å². The molecule has 0 aliphatic rings. The van der Waals surface area contributed by atoms with Crippen molar-refractivity contribution < 1.29 is 13.6 Å². The molecular weight excluding hydrogens is 296 g/mol. The summed E-state index contributed by atoms with van der Waals surface area (Å²) in [7, 11) is 0. The van der Waals surface area contributed by atoms with Crippen LogP contribution < -0.4 is 5.32 Å². The second-order valence-corrected chi connectivity index (χ2v) is 6.59. The average Bonchev–Trinajstić information content (AvgIpc) is 2.48. The van der Waals surface area contributed by atoms with Crippen molar-refractivity contribution in [1.29, 1.82) is 0 Å². The Morgan fingerprint density at radius 1 is 1.00 bits per heavy atom. The molecule has 0 aliphatic carbocycles. The third kappa shape index (κ3) is 4.62. The number of aryl methyl sites for hydroxylation is 1. The summed E-state index contributed by atoms with van der Waals surface area (Å²) in [5.41, 5.74) is 1.93. The molecule has 0 aliphatic heterocycles. The molecule has 0 saturated heterocycles. The third-order valence-electron chi connectivity index (χ3n) is 3.69. The van der Waals surface area contributed by atoms with Gasteiger partial charge in [0, 0.05) is 6.42 Å². The molecule has 0 saturated carbocycles. The molecule has 0 unspecified atom stereocenters. The molecule has 0 atom stereocenters.